The Morgan fingerprint density at radius 3 is 2.71 bits per heavy atom. The summed E-state index contributed by atoms with van der Waals surface area (Å²) in [6.07, 6.45) is 0. The summed E-state index contributed by atoms with van der Waals surface area (Å²) < 4.78 is 18.0. The molecule has 0 radical (unpaired) electrons. The van der Waals surface area contributed by atoms with E-state index in [1.807, 2.05) is 0 Å². The smallest absolute Gasteiger partial charge is 0.338 e. The van der Waals surface area contributed by atoms with Gasteiger partial charge in [0.2, 0.25) is 0 Å². The van der Waals surface area contributed by atoms with Crippen LogP contribution in [0, 0.1) is 5.82 Å². The fourth-order valence-corrected chi connectivity index (χ4v) is 2.47. The van der Waals surface area contributed by atoms with Crippen LogP contribution in [-0.2, 0) is 10.1 Å². The van der Waals surface area contributed by atoms with E-state index in [1.54, 1.807) is 0 Å². The van der Waals surface area contributed by atoms with Gasteiger partial charge in [0.05, 0.1) is 17.1 Å². The molecule has 2 nitrogen and oxygen atoms in total. The van der Waals surface area contributed by atoms with Crippen LogP contribution in [0.1, 0.15) is 15.9 Å². The predicted octanol–water partition coefficient (Wildman–Crippen LogP) is 3.27. The normalized spacial score (nSPS) is 10.0. The molecular formula is C9H7Br2FO2. The van der Waals surface area contributed by atoms with Gasteiger partial charge in [-0.1, -0.05) is 15.9 Å². The van der Waals surface area contributed by atoms with E-state index in [0.717, 1.165) is 0 Å². The van der Waals surface area contributed by atoms with Gasteiger partial charge in [-0.2, -0.15) is 0 Å². The van der Waals surface area contributed by atoms with Crippen LogP contribution in [0.4, 0.5) is 4.39 Å². The molecule has 0 aliphatic rings. The van der Waals surface area contributed by atoms with Gasteiger partial charge in [0.25, 0.3) is 0 Å². The van der Waals surface area contributed by atoms with Crippen molar-refractivity contribution in [3.63, 3.8) is 0 Å². The molecule has 0 saturated carbocycles. The van der Waals surface area contributed by atoms with Crippen LogP contribution in [0.15, 0.2) is 16.6 Å². The molecule has 14 heavy (non-hydrogen) atoms. The monoisotopic (exact) mass is 324 g/mol. The van der Waals surface area contributed by atoms with Crippen molar-refractivity contribution in [3.8, 4) is 0 Å². The second kappa shape index (κ2) is 4.89. The average Bonchev–Trinajstić information content (AvgIpc) is 2.20. The molecule has 0 aromatic heterocycles. The van der Waals surface area contributed by atoms with E-state index in [-0.39, 0.29) is 4.47 Å². The van der Waals surface area contributed by atoms with Crippen molar-refractivity contribution in [3.05, 3.63) is 33.5 Å². The molecule has 1 aromatic carbocycles. The highest BCUT2D eigenvalue weighted by Gasteiger charge is 2.16. The number of ether oxygens (including phenoxy) is 1. The van der Waals surface area contributed by atoms with E-state index >= 15 is 0 Å². The number of esters is 1. The number of carbonyl (C=O) groups is 1. The molecule has 0 aliphatic heterocycles. The number of benzene rings is 1. The molecule has 1 rings (SSSR count). The summed E-state index contributed by atoms with van der Waals surface area (Å²) in [6.45, 7) is 0. The average molecular weight is 326 g/mol. The number of hydrogen-bond donors (Lipinski definition) is 0. The number of rotatable bonds is 2. The van der Waals surface area contributed by atoms with Crippen LogP contribution >= 0.6 is 31.9 Å². The van der Waals surface area contributed by atoms with E-state index < -0.39 is 11.8 Å². The minimum atomic E-state index is -0.472. The molecule has 76 valence electrons. The minimum absolute atomic E-state index is 0.289. The summed E-state index contributed by atoms with van der Waals surface area (Å²) >= 11 is 6.26. The van der Waals surface area contributed by atoms with Crippen LogP contribution in [-0.4, -0.2) is 13.1 Å². The third-order valence-electron chi connectivity index (χ3n) is 1.74. The second-order valence-electron chi connectivity index (χ2n) is 2.51. The van der Waals surface area contributed by atoms with Gasteiger partial charge in [0, 0.05) is 5.33 Å². The Kier molecular flexibility index (Phi) is 4.07. The van der Waals surface area contributed by atoms with E-state index in [2.05, 4.69) is 36.6 Å². The first-order valence-electron chi connectivity index (χ1n) is 3.73. The minimum Gasteiger partial charge on any atom is -0.465 e. The zero-order chi connectivity index (χ0) is 10.7. The van der Waals surface area contributed by atoms with E-state index in [0.29, 0.717) is 16.5 Å². The molecule has 0 spiro atoms. The third-order valence-corrected chi connectivity index (χ3v) is 3.15. The first-order chi connectivity index (χ1) is 6.61. The Labute approximate surface area is 97.7 Å². The Morgan fingerprint density at radius 1 is 1.57 bits per heavy atom. The molecule has 0 unspecified atom stereocenters. The van der Waals surface area contributed by atoms with Gasteiger partial charge in [-0.05, 0) is 33.6 Å². The summed E-state index contributed by atoms with van der Waals surface area (Å²) in [5.41, 5.74) is 0.912. The van der Waals surface area contributed by atoms with Crippen LogP contribution < -0.4 is 0 Å². The molecule has 1 aromatic rings. The van der Waals surface area contributed by atoms with E-state index in [4.69, 9.17) is 0 Å². The maximum Gasteiger partial charge on any atom is 0.338 e. The van der Waals surface area contributed by atoms with Crippen molar-refractivity contribution in [1.82, 2.24) is 0 Å². The van der Waals surface area contributed by atoms with Gasteiger partial charge < -0.3 is 4.74 Å². The summed E-state index contributed by atoms with van der Waals surface area (Å²) in [4.78, 5) is 11.3. The molecule has 0 saturated heterocycles. The van der Waals surface area contributed by atoms with Crippen LogP contribution in [0.3, 0.4) is 0 Å². The zero-order valence-electron chi connectivity index (χ0n) is 7.31. The Hall–Kier alpha value is -0.420. The molecule has 5 heteroatoms. The van der Waals surface area contributed by atoms with Gasteiger partial charge in [0.15, 0.2) is 0 Å². The maximum absolute atomic E-state index is 13.1. The van der Waals surface area contributed by atoms with Gasteiger partial charge in [-0.25, -0.2) is 9.18 Å². The fourth-order valence-electron chi connectivity index (χ4n) is 1.02. The molecule has 0 bridgehead atoms. The van der Waals surface area contributed by atoms with Crippen LogP contribution in [0.5, 0.6) is 0 Å². The van der Waals surface area contributed by atoms with Crippen molar-refractivity contribution >= 4 is 37.8 Å². The third kappa shape index (κ3) is 2.15. The van der Waals surface area contributed by atoms with E-state index in [9.17, 15) is 9.18 Å². The highest BCUT2D eigenvalue weighted by Crippen LogP contribution is 2.26. The van der Waals surface area contributed by atoms with Crippen LogP contribution in [0.25, 0.3) is 0 Å². The largest absolute Gasteiger partial charge is 0.465 e. The lowest BCUT2D eigenvalue weighted by atomic mass is 10.1. The SMILES string of the molecule is COC(=O)c1ccc(F)c(Br)c1CBr. The number of carbonyl (C=O) groups excluding carboxylic acids is 1. The summed E-state index contributed by atoms with van der Waals surface area (Å²) in [7, 11) is 1.29. The highest BCUT2D eigenvalue weighted by atomic mass is 79.9. The quantitative estimate of drug-likeness (QED) is 0.616. The molecule has 0 fully saturated rings. The van der Waals surface area contributed by atoms with Crippen LogP contribution in [0.2, 0.25) is 0 Å². The summed E-state index contributed by atoms with van der Waals surface area (Å²) in [6, 6.07) is 2.63. The molecule has 0 N–H and O–H groups in total. The standard InChI is InChI=1S/C9H7Br2FO2/c1-14-9(13)5-2-3-7(12)8(11)6(5)4-10/h2-3H,4H2,1H3. The maximum atomic E-state index is 13.1. The van der Waals surface area contributed by atoms with Gasteiger partial charge in [-0.3, -0.25) is 0 Å². The molecule has 0 heterocycles. The van der Waals surface area contributed by atoms with Crippen molar-refractivity contribution in [2.75, 3.05) is 7.11 Å². The molecular weight excluding hydrogens is 319 g/mol. The molecule has 0 aliphatic carbocycles. The lowest BCUT2D eigenvalue weighted by molar-refractivity contribution is 0.0599. The topological polar surface area (TPSA) is 26.3 Å². The first-order valence-corrected chi connectivity index (χ1v) is 5.64. The van der Waals surface area contributed by atoms with Gasteiger partial charge in [-0.15, -0.1) is 0 Å². The highest BCUT2D eigenvalue weighted by molar-refractivity contribution is 9.10. The van der Waals surface area contributed by atoms with Crippen molar-refractivity contribution in [2.24, 2.45) is 0 Å². The number of hydrogen-bond acceptors (Lipinski definition) is 2. The lowest BCUT2D eigenvalue weighted by Crippen LogP contribution is -2.06. The van der Waals surface area contributed by atoms with Gasteiger partial charge in [0.1, 0.15) is 5.82 Å². The van der Waals surface area contributed by atoms with E-state index in [1.165, 1.54) is 19.2 Å². The molecule has 0 atom stereocenters. The summed E-state index contributed by atoms with van der Waals surface area (Å²) in [5, 5.41) is 0.385. The number of alkyl halides is 1. The van der Waals surface area contributed by atoms with Crippen molar-refractivity contribution < 1.29 is 13.9 Å². The van der Waals surface area contributed by atoms with Crippen molar-refractivity contribution in [2.45, 2.75) is 5.33 Å². The predicted molar refractivity (Wildman–Crippen MR) is 58.1 cm³/mol. The zero-order valence-corrected chi connectivity index (χ0v) is 10.5. The first kappa shape index (κ1) is 11.7. The van der Waals surface area contributed by atoms with Gasteiger partial charge >= 0.3 is 5.97 Å². The Bertz CT molecular complexity index is 366. The molecule has 0 amide bonds. The lowest BCUT2D eigenvalue weighted by Gasteiger charge is -2.07. The number of methoxy groups -OCH3 is 1. The Morgan fingerprint density at radius 2 is 2.21 bits per heavy atom. The number of halogens is 3. The fraction of sp³-hybridized carbons (Fsp3) is 0.222. The summed E-state index contributed by atoms with van der Waals surface area (Å²) in [5.74, 6) is -0.868. The Balaban J connectivity index is 3.31. The van der Waals surface area contributed by atoms with Crippen molar-refractivity contribution in [1.29, 1.82) is 0 Å². The second-order valence-corrected chi connectivity index (χ2v) is 3.87.